The van der Waals surface area contributed by atoms with Gasteiger partial charge < -0.3 is 14.6 Å². The molecule has 0 aliphatic rings. The number of hydrogen-bond donors (Lipinski definition) is 1. The lowest BCUT2D eigenvalue weighted by atomic mass is 10.2. The molecule has 0 radical (unpaired) electrons. The fraction of sp³-hybridized carbons (Fsp3) is 0.412. The molecule has 118 valence electrons. The number of benzene rings is 1. The number of para-hydroxylation sites is 1. The van der Waals surface area contributed by atoms with Crippen LogP contribution in [0.15, 0.2) is 30.3 Å². The maximum atomic E-state index is 12.7. The number of carbonyl (C=O) groups is 2. The van der Waals surface area contributed by atoms with Crippen molar-refractivity contribution in [1.29, 1.82) is 0 Å². The summed E-state index contributed by atoms with van der Waals surface area (Å²) in [6.07, 6.45) is 0. The fourth-order valence-electron chi connectivity index (χ4n) is 2.38. The summed E-state index contributed by atoms with van der Waals surface area (Å²) in [5.74, 6) is -0.298. The van der Waals surface area contributed by atoms with E-state index >= 15 is 0 Å². The maximum Gasteiger partial charge on any atom is 0.325 e. The highest BCUT2D eigenvalue weighted by Crippen LogP contribution is 2.16. The first kappa shape index (κ1) is 16.1. The molecule has 0 unspecified atom stereocenters. The average molecular weight is 302 g/mol. The molecule has 0 aliphatic heterocycles. The minimum absolute atomic E-state index is 0.0276. The second-order valence-electron chi connectivity index (χ2n) is 5.65. The van der Waals surface area contributed by atoms with Crippen LogP contribution in [0.25, 0.3) is 10.9 Å². The van der Waals surface area contributed by atoms with E-state index in [9.17, 15) is 9.59 Å². The molecule has 2 aromatic rings. The number of nitrogens with one attached hydrogen (secondary N) is 1. The Morgan fingerprint density at radius 1 is 1.27 bits per heavy atom. The second kappa shape index (κ2) is 7.11. The molecular formula is C17H22N2O3. The molecule has 2 rings (SSSR count). The Balaban J connectivity index is 2.21. The molecule has 1 aromatic heterocycles. The third-order valence-corrected chi connectivity index (χ3v) is 3.26. The van der Waals surface area contributed by atoms with Crippen molar-refractivity contribution in [3.05, 3.63) is 36.0 Å². The van der Waals surface area contributed by atoms with Gasteiger partial charge in [-0.25, -0.2) is 0 Å². The number of ether oxygens (including phenoxy) is 1. The molecule has 0 spiro atoms. The number of rotatable bonds is 6. The molecule has 0 saturated heterocycles. The van der Waals surface area contributed by atoms with Crippen LogP contribution in [0.4, 0.5) is 0 Å². The van der Waals surface area contributed by atoms with Crippen LogP contribution in [0.2, 0.25) is 0 Å². The minimum Gasteiger partial charge on any atom is -0.465 e. The summed E-state index contributed by atoms with van der Waals surface area (Å²) in [6, 6.07) is 9.52. The monoisotopic (exact) mass is 302 g/mol. The van der Waals surface area contributed by atoms with E-state index in [1.807, 2.05) is 44.2 Å². The van der Waals surface area contributed by atoms with Crippen LogP contribution >= 0.6 is 0 Å². The van der Waals surface area contributed by atoms with Gasteiger partial charge in [0, 0.05) is 17.4 Å². The summed E-state index contributed by atoms with van der Waals surface area (Å²) in [5, 5.41) is 0.978. The van der Waals surface area contributed by atoms with Crippen LogP contribution in [0.5, 0.6) is 0 Å². The van der Waals surface area contributed by atoms with Crippen molar-refractivity contribution < 1.29 is 14.3 Å². The van der Waals surface area contributed by atoms with Gasteiger partial charge in [-0.15, -0.1) is 0 Å². The van der Waals surface area contributed by atoms with E-state index in [-0.39, 0.29) is 24.3 Å². The van der Waals surface area contributed by atoms with Crippen LogP contribution in [-0.2, 0) is 9.53 Å². The number of fused-ring (bicyclic) bond motifs is 1. The summed E-state index contributed by atoms with van der Waals surface area (Å²) in [5.41, 5.74) is 1.40. The Hall–Kier alpha value is -2.30. The molecule has 1 aromatic carbocycles. The van der Waals surface area contributed by atoms with Gasteiger partial charge in [-0.1, -0.05) is 32.0 Å². The molecule has 0 aliphatic carbocycles. The number of aromatic nitrogens is 1. The Morgan fingerprint density at radius 2 is 2.00 bits per heavy atom. The van der Waals surface area contributed by atoms with Gasteiger partial charge in [0.2, 0.25) is 0 Å². The molecule has 0 atom stereocenters. The lowest BCUT2D eigenvalue weighted by molar-refractivity contribution is -0.143. The Kier molecular flexibility index (Phi) is 5.20. The zero-order valence-electron chi connectivity index (χ0n) is 13.3. The average Bonchev–Trinajstić information content (AvgIpc) is 2.89. The highest BCUT2D eigenvalue weighted by molar-refractivity contribution is 5.99. The van der Waals surface area contributed by atoms with E-state index in [2.05, 4.69) is 4.98 Å². The van der Waals surface area contributed by atoms with Crippen molar-refractivity contribution in [3.63, 3.8) is 0 Å². The number of H-pyrrole nitrogens is 1. The third-order valence-electron chi connectivity index (χ3n) is 3.26. The fourth-order valence-corrected chi connectivity index (χ4v) is 2.38. The smallest absolute Gasteiger partial charge is 0.325 e. The standard InChI is InChI=1S/C17H22N2O3/c1-4-22-16(20)11-19(10-12(2)3)17(21)15-9-13-7-5-6-8-14(13)18-15/h5-9,12,18H,4,10-11H2,1-3H3. The number of nitrogens with zero attached hydrogens (tertiary/aromatic N) is 1. The normalized spacial score (nSPS) is 10.9. The van der Waals surface area contributed by atoms with Gasteiger partial charge in [-0.2, -0.15) is 0 Å². The van der Waals surface area contributed by atoms with E-state index in [1.54, 1.807) is 6.92 Å². The predicted octanol–water partition coefficient (Wildman–Crippen LogP) is 2.83. The molecule has 22 heavy (non-hydrogen) atoms. The third kappa shape index (κ3) is 3.87. The van der Waals surface area contributed by atoms with Crippen molar-refractivity contribution in [2.75, 3.05) is 19.7 Å². The van der Waals surface area contributed by atoms with Crippen LogP contribution in [-0.4, -0.2) is 41.5 Å². The highest BCUT2D eigenvalue weighted by Gasteiger charge is 2.21. The zero-order valence-corrected chi connectivity index (χ0v) is 13.3. The summed E-state index contributed by atoms with van der Waals surface area (Å²) in [4.78, 5) is 29.0. The molecule has 1 N–H and O–H groups in total. The van der Waals surface area contributed by atoms with Crippen molar-refractivity contribution in [2.24, 2.45) is 5.92 Å². The number of esters is 1. The molecule has 1 heterocycles. The second-order valence-corrected chi connectivity index (χ2v) is 5.65. The van der Waals surface area contributed by atoms with Crippen LogP contribution < -0.4 is 0 Å². The van der Waals surface area contributed by atoms with Crippen molar-refractivity contribution in [2.45, 2.75) is 20.8 Å². The van der Waals surface area contributed by atoms with Gasteiger partial charge in [0.05, 0.1) is 6.61 Å². The van der Waals surface area contributed by atoms with Crippen LogP contribution in [0.3, 0.4) is 0 Å². The summed E-state index contributed by atoms with van der Waals surface area (Å²) in [6.45, 7) is 6.57. The van der Waals surface area contributed by atoms with E-state index in [1.165, 1.54) is 4.90 Å². The first-order valence-electron chi connectivity index (χ1n) is 7.54. The van der Waals surface area contributed by atoms with Gasteiger partial charge in [0.1, 0.15) is 12.2 Å². The number of aromatic amines is 1. The lowest BCUT2D eigenvalue weighted by Gasteiger charge is -2.23. The maximum absolute atomic E-state index is 12.7. The van der Waals surface area contributed by atoms with Gasteiger partial charge in [0.25, 0.3) is 5.91 Å². The van der Waals surface area contributed by atoms with E-state index in [0.717, 1.165) is 10.9 Å². The van der Waals surface area contributed by atoms with Gasteiger partial charge in [-0.05, 0) is 25.0 Å². The number of hydrogen-bond acceptors (Lipinski definition) is 3. The number of amides is 1. The highest BCUT2D eigenvalue weighted by atomic mass is 16.5. The first-order valence-corrected chi connectivity index (χ1v) is 7.54. The Labute approximate surface area is 130 Å². The summed E-state index contributed by atoms with van der Waals surface area (Å²) >= 11 is 0. The summed E-state index contributed by atoms with van der Waals surface area (Å²) in [7, 11) is 0. The quantitative estimate of drug-likeness (QED) is 0.835. The Morgan fingerprint density at radius 3 is 2.64 bits per heavy atom. The molecule has 0 saturated carbocycles. The van der Waals surface area contributed by atoms with E-state index in [0.29, 0.717) is 18.8 Å². The topological polar surface area (TPSA) is 62.4 Å². The molecule has 0 bridgehead atoms. The largest absolute Gasteiger partial charge is 0.465 e. The first-order chi connectivity index (χ1) is 10.5. The zero-order chi connectivity index (χ0) is 16.1. The lowest BCUT2D eigenvalue weighted by Crippen LogP contribution is -2.39. The molecule has 5 heteroatoms. The van der Waals surface area contributed by atoms with Gasteiger partial charge in [0.15, 0.2) is 0 Å². The van der Waals surface area contributed by atoms with Gasteiger partial charge in [-0.3, -0.25) is 9.59 Å². The van der Waals surface area contributed by atoms with E-state index < -0.39 is 0 Å². The SMILES string of the molecule is CCOC(=O)CN(CC(C)C)C(=O)c1cc2ccccc2[nH]1. The van der Waals surface area contributed by atoms with Gasteiger partial charge >= 0.3 is 5.97 Å². The molecule has 5 nitrogen and oxygen atoms in total. The summed E-state index contributed by atoms with van der Waals surface area (Å²) < 4.78 is 4.96. The molecular weight excluding hydrogens is 280 g/mol. The predicted molar refractivity (Wildman–Crippen MR) is 85.7 cm³/mol. The van der Waals surface area contributed by atoms with Crippen molar-refractivity contribution in [1.82, 2.24) is 9.88 Å². The van der Waals surface area contributed by atoms with Crippen LogP contribution in [0, 0.1) is 5.92 Å². The minimum atomic E-state index is -0.382. The molecule has 1 amide bonds. The Bertz CT molecular complexity index is 628. The van der Waals surface area contributed by atoms with Crippen LogP contribution in [0.1, 0.15) is 31.3 Å². The van der Waals surface area contributed by atoms with Crippen molar-refractivity contribution >= 4 is 22.8 Å². The molecule has 0 fully saturated rings. The van der Waals surface area contributed by atoms with E-state index in [4.69, 9.17) is 4.74 Å². The number of carbonyl (C=O) groups excluding carboxylic acids is 2. The van der Waals surface area contributed by atoms with Crippen molar-refractivity contribution in [3.8, 4) is 0 Å².